The van der Waals surface area contributed by atoms with Crippen molar-refractivity contribution >= 4 is 62.3 Å². The van der Waals surface area contributed by atoms with Gasteiger partial charge in [0.15, 0.2) is 0 Å². The zero-order chi connectivity index (χ0) is 28.0. The van der Waals surface area contributed by atoms with E-state index in [1.54, 1.807) is 43.3 Å². The van der Waals surface area contributed by atoms with Crippen molar-refractivity contribution in [2.45, 2.75) is 71.0 Å². The van der Waals surface area contributed by atoms with Gasteiger partial charge in [0.25, 0.3) is 0 Å². The van der Waals surface area contributed by atoms with Crippen molar-refractivity contribution in [3.8, 4) is 0 Å². The highest BCUT2D eigenvalue weighted by molar-refractivity contribution is 7.92. The van der Waals surface area contributed by atoms with E-state index in [0.29, 0.717) is 38.3 Å². The normalized spacial score (nSPS) is 15.1. The molecule has 1 aliphatic carbocycles. The van der Waals surface area contributed by atoms with E-state index < -0.39 is 28.5 Å². The van der Waals surface area contributed by atoms with Crippen molar-refractivity contribution in [3.63, 3.8) is 0 Å². The molecule has 0 saturated heterocycles. The predicted octanol–water partition coefficient (Wildman–Crippen LogP) is 5.98. The van der Waals surface area contributed by atoms with Gasteiger partial charge < -0.3 is 10.2 Å². The van der Waals surface area contributed by atoms with Gasteiger partial charge in [-0.3, -0.25) is 13.9 Å². The summed E-state index contributed by atoms with van der Waals surface area (Å²) in [6, 6.07) is 9.05. The summed E-state index contributed by atoms with van der Waals surface area (Å²) in [6.07, 6.45) is 6.41. The van der Waals surface area contributed by atoms with Crippen LogP contribution in [-0.2, 0) is 26.2 Å². The maximum atomic E-state index is 13.9. The Labute approximate surface area is 240 Å². The molecular weight excluding hydrogens is 569 g/mol. The molecule has 0 bridgehead atoms. The van der Waals surface area contributed by atoms with E-state index in [9.17, 15) is 18.0 Å². The summed E-state index contributed by atoms with van der Waals surface area (Å²) in [4.78, 5) is 28.8. The first-order chi connectivity index (χ1) is 17.9. The highest BCUT2D eigenvalue weighted by Crippen LogP contribution is 2.29. The Kier molecular flexibility index (Phi) is 10.7. The number of nitrogens with one attached hydrogen (secondary N) is 1. The maximum Gasteiger partial charge on any atom is 0.244 e. The van der Waals surface area contributed by atoms with Gasteiger partial charge >= 0.3 is 0 Å². The molecular formula is C27H34Cl3N3O4S. The van der Waals surface area contributed by atoms with Gasteiger partial charge in [0, 0.05) is 27.7 Å². The van der Waals surface area contributed by atoms with Crippen molar-refractivity contribution in [1.29, 1.82) is 0 Å². The molecule has 1 fully saturated rings. The molecule has 0 aromatic heterocycles. The topological polar surface area (TPSA) is 86.8 Å². The third kappa shape index (κ3) is 7.78. The van der Waals surface area contributed by atoms with Gasteiger partial charge in [-0.15, -0.1) is 0 Å². The minimum atomic E-state index is -3.86. The van der Waals surface area contributed by atoms with Gasteiger partial charge in [0.2, 0.25) is 21.8 Å². The van der Waals surface area contributed by atoms with Crippen molar-refractivity contribution in [2.24, 2.45) is 0 Å². The van der Waals surface area contributed by atoms with Crippen LogP contribution >= 0.6 is 34.8 Å². The average molecular weight is 603 g/mol. The number of hydrogen-bond donors (Lipinski definition) is 1. The quantitative estimate of drug-likeness (QED) is 0.363. The standard InChI is InChI=1S/C27H34Cl3N3O4S/c1-4-24(27(35)31-21-9-6-5-7-10-21)32(16-19-13-14-20(28)15-23(19)30)26(34)17-33(38(3,36)37)25-12-8-11-22(29)18(25)2/h8,11-15,21,24H,4-7,9-10,16-17H2,1-3H3,(H,31,35)/t24-/m0/s1. The van der Waals surface area contributed by atoms with E-state index in [-0.39, 0.29) is 18.5 Å². The molecule has 1 atom stereocenters. The number of sulfonamides is 1. The van der Waals surface area contributed by atoms with Gasteiger partial charge in [0.05, 0.1) is 11.9 Å². The first kappa shape index (κ1) is 30.5. The number of rotatable bonds is 10. The van der Waals surface area contributed by atoms with E-state index in [1.807, 2.05) is 6.92 Å². The molecule has 7 nitrogen and oxygen atoms in total. The summed E-state index contributed by atoms with van der Waals surface area (Å²) < 4.78 is 26.7. The molecule has 11 heteroatoms. The SMILES string of the molecule is CC[C@@H](C(=O)NC1CCCCC1)N(Cc1ccc(Cl)cc1Cl)C(=O)CN(c1cccc(Cl)c1C)S(C)(=O)=O. The fourth-order valence-electron chi connectivity index (χ4n) is 4.76. The predicted molar refractivity (Wildman–Crippen MR) is 154 cm³/mol. The molecule has 2 amide bonds. The number of halogens is 3. The van der Waals surface area contributed by atoms with Gasteiger partial charge in [0.1, 0.15) is 12.6 Å². The molecule has 2 aromatic carbocycles. The molecule has 2 aromatic rings. The van der Waals surface area contributed by atoms with E-state index in [1.165, 1.54) is 4.90 Å². The summed E-state index contributed by atoms with van der Waals surface area (Å²) >= 11 is 18.8. The molecule has 0 unspecified atom stereocenters. The molecule has 0 heterocycles. The van der Waals surface area contributed by atoms with Gasteiger partial charge in [-0.05, 0) is 61.6 Å². The molecule has 1 N–H and O–H groups in total. The number of hydrogen-bond acceptors (Lipinski definition) is 4. The lowest BCUT2D eigenvalue weighted by Crippen LogP contribution is -2.54. The Balaban J connectivity index is 1.97. The average Bonchev–Trinajstić information content (AvgIpc) is 2.85. The van der Waals surface area contributed by atoms with Crippen molar-refractivity contribution in [2.75, 3.05) is 17.1 Å². The molecule has 0 spiro atoms. The summed E-state index contributed by atoms with van der Waals surface area (Å²) in [7, 11) is -3.86. The summed E-state index contributed by atoms with van der Waals surface area (Å²) in [5, 5.41) is 4.28. The fraction of sp³-hybridized carbons (Fsp3) is 0.481. The van der Waals surface area contributed by atoms with Gasteiger partial charge in [-0.1, -0.05) is 73.1 Å². The number of carbonyl (C=O) groups is 2. The van der Waals surface area contributed by atoms with Crippen LogP contribution in [0.3, 0.4) is 0 Å². The van der Waals surface area contributed by atoms with E-state index in [0.717, 1.165) is 42.7 Å². The lowest BCUT2D eigenvalue weighted by atomic mass is 9.95. The minimum absolute atomic E-state index is 0.0115. The first-order valence-corrected chi connectivity index (χ1v) is 15.7. The summed E-state index contributed by atoms with van der Waals surface area (Å²) in [5.41, 5.74) is 1.43. The largest absolute Gasteiger partial charge is 0.352 e. The van der Waals surface area contributed by atoms with E-state index in [2.05, 4.69) is 5.32 Å². The lowest BCUT2D eigenvalue weighted by molar-refractivity contribution is -0.140. The smallest absolute Gasteiger partial charge is 0.244 e. The highest BCUT2D eigenvalue weighted by atomic mass is 35.5. The van der Waals surface area contributed by atoms with Crippen LogP contribution in [0.15, 0.2) is 36.4 Å². The minimum Gasteiger partial charge on any atom is -0.352 e. The third-order valence-electron chi connectivity index (χ3n) is 6.88. The molecule has 208 valence electrons. The van der Waals surface area contributed by atoms with Crippen LogP contribution in [0.4, 0.5) is 5.69 Å². The van der Waals surface area contributed by atoms with Crippen LogP contribution in [0.5, 0.6) is 0 Å². The van der Waals surface area contributed by atoms with Crippen molar-refractivity contribution < 1.29 is 18.0 Å². The number of carbonyl (C=O) groups excluding carboxylic acids is 2. The number of amides is 2. The van der Waals surface area contributed by atoms with Crippen LogP contribution in [-0.4, -0.2) is 50.0 Å². The second-order valence-electron chi connectivity index (χ2n) is 9.68. The molecule has 1 saturated carbocycles. The second-order valence-corrected chi connectivity index (χ2v) is 12.8. The third-order valence-corrected chi connectivity index (χ3v) is 9.00. The molecule has 0 radical (unpaired) electrons. The van der Waals surface area contributed by atoms with Crippen LogP contribution in [0.25, 0.3) is 0 Å². The van der Waals surface area contributed by atoms with Crippen molar-refractivity contribution in [3.05, 3.63) is 62.6 Å². The van der Waals surface area contributed by atoms with Crippen LogP contribution < -0.4 is 9.62 Å². The number of benzene rings is 2. The Hall–Kier alpha value is -2.00. The lowest BCUT2D eigenvalue weighted by Gasteiger charge is -2.34. The molecule has 38 heavy (non-hydrogen) atoms. The van der Waals surface area contributed by atoms with E-state index >= 15 is 0 Å². The Morgan fingerprint density at radius 3 is 2.34 bits per heavy atom. The number of nitrogens with zero attached hydrogens (tertiary/aromatic N) is 2. The first-order valence-electron chi connectivity index (χ1n) is 12.7. The zero-order valence-electron chi connectivity index (χ0n) is 21.8. The summed E-state index contributed by atoms with van der Waals surface area (Å²) in [6.45, 7) is 3.03. The molecule has 3 rings (SSSR count). The Morgan fingerprint density at radius 2 is 1.74 bits per heavy atom. The van der Waals surface area contributed by atoms with Gasteiger partial charge in [-0.25, -0.2) is 8.42 Å². The van der Waals surface area contributed by atoms with E-state index in [4.69, 9.17) is 34.8 Å². The van der Waals surface area contributed by atoms with Crippen molar-refractivity contribution in [1.82, 2.24) is 10.2 Å². The molecule has 0 aliphatic heterocycles. The van der Waals surface area contributed by atoms with Crippen LogP contribution in [0, 0.1) is 6.92 Å². The Morgan fingerprint density at radius 1 is 1.05 bits per heavy atom. The monoisotopic (exact) mass is 601 g/mol. The Bertz CT molecular complexity index is 1270. The summed E-state index contributed by atoms with van der Waals surface area (Å²) in [5.74, 6) is -0.797. The second kappa shape index (κ2) is 13.4. The number of anilines is 1. The maximum absolute atomic E-state index is 13.9. The van der Waals surface area contributed by atoms with Crippen LogP contribution in [0.2, 0.25) is 15.1 Å². The fourth-order valence-corrected chi connectivity index (χ4v) is 6.30. The highest BCUT2D eigenvalue weighted by Gasteiger charge is 2.33. The molecule has 1 aliphatic rings. The van der Waals surface area contributed by atoms with Gasteiger partial charge in [-0.2, -0.15) is 0 Å². The zero-order valence-corrected chi connectivity index (χ0v) is 24.9. The van der Waals surface area contributed by atoms with Crippen LogP contribution in [0.1, 0.15) is 56.6 Å².